The van der Waals surface area contributed by atoms with Crippen LogP contribution < -0.4 is 15.4 Å². The second kappa shape index (κ2) is 11.4. The Morgan fingerprint density at radius 1 is 1.14 bits per heavy atom. The molecule has 0 aromatic heterocycles. The standard InChI is InChI=1S/C29H45N3O4/c1-19(2)21-6-8-22(9-7-21)26-24-18-23(36-20(3)4)10-11-25(24)29(12-14-31-15-13-29)27(33)32(26)16-17-35-28(34)30-5/h10-11,18-22,26,31H,6-9,12-17H2,1-5H3,(H,30,34). The fraction of sp³-hybridized carbons (Fsp3) is 0.724. The molecule has 1 aromatic rings. The summed E-state index contributed by atoms with van der Waals surface area (Å²) in [7, 11) is 1.56. The van der Waals surface area contributed by atoms with Crippen molar-refractivity contribution < 1.29 is 19.1 Å². The fourth-order valence-corrected chi connectivity index (χ4v) is 6.77. The molecule has 36 heavy (non-hydrogen) atoms. The minimum absolute atomic E-state index is 0.0230. The highest BCUT2D eigenvalue weighted by molar-refractivity contribution is 5.91. The molecule has 2 amide bonds. The normalized spacial score (nSPS) is 25.7. The summed E-state index contributed by atoms with van der Waals surface area (Å²) in [5.41, 5.74) is 1.89. The number of nitrogens with zero attached hydrogens (tertiary/aromatic N) is 1. The lowest BCUT2D eigenvalue weighted by Gasteiger charge is -2.52. The highest BCUT2D eigenvalue weighted by Gasteiger charge is 2.52. The zero-order valence-electron chi connectivity index (χ0n) is 22.8. The van der Waals surface area contributed by atoms with E-state index in [4.69, 9.17) is 9.47 Å². The third kappa shape index (κ3) is 5.36. The summed E-state index contributed by atoms with van der Waals surface area (Å²) in [6.45, 7) is 11.0. The number of hydrogen-bond donors (Lipinski definition) is 2. The van der Waals surface area contributed by atoms with Crippen molar-refractivity contribution in [2.24, 2.45) is 17.8 Å². The van der Waals surface area contributed by atoms with Gasteiger partial charge in [0.25, 0.3) is 0 Å². The highest BCUT2D eigenvalue weighted by Crippen LogP contribution is 2.52. The highest BCUT2D eigenvalue weighted by atomic mass is 16.5. The van der Waals surface area contributed by atoms with Crippen molar-refractivity contribution >= 4 is 12.0 Å². The molecule has 1 aliphatic carbocycles. The van der Waals surface area contributed by atoms with Crippen LogP contribution in [0, 0.1) is 17.8 Å². The van der Waals surface area contributed by atoms with E-state index in [1.807, 2.05) is 19.9 Å². The van der Waals surface area contributed by atoms with Crippen molar-refractivity contribution in [3.05, 3.63) is 29.3 Å². The SMILES string of the molecule is CNC(=O)OCCN1C(=O)C2(CCNCC2)c2ccc(OC(C)C)cc2C1C1CCC(C(C)C)CC1. The van der Waals surface area contributed by atoms with Crippen LogP contribution in [0.3, 0.4) is 0 Å². The molecule has 2 fully saturated rings. The van der Waals surface area contributed by atoms with Crippen LogP contribution in [0.2, 0.25) is 0 Å². The number of piperidine rings is 1. The minimum Gasteiger partial charge on any atom is -0.491 e. The average molecular weight is 500 g/mol. The quantitative estimate of drug-likeness (QED) is 0.564. The van der Waals surface area contributed by atoms with E-state index in [2.05, 4.69) is 41.5 Å². The van der Waals surface area contributed by atoms with Crippen LogP contribution in [0.4, 0.5) is 4.79 Å². The number of carbonyl (C=O) groups excluding carboxylic acids is 2. The predicted octanol–water partition coefficient (Wildman–Crippen LogP) is 4.80. The molecule has 3 aliphatic rings. The monoisotopic (exact) mass is 499 g/mol. The largest absolute Gasteiger partial charge is 0.491 e. The molecule has 7 heteroatoms. The van der Waals surface area contributed by atoms with Gasteiger partial charge in [0.2, 0.25) is 5.91 Å². The van der Waals surface area contributed by atoms with Gasteiger partial charge in [-0.15, -0.1) is 0 Å². The number of nitrogens with one attached hydrogen (secondary N) is 2. The van der Waals surface area contributed by atoms with E-state index in [9.17, 15) is 9.59 Å². The molecule has 1 saturated heterocycles. The molecule has 1 aromatic carbocycles. The number of amides is 2. The lowest BCUT2D eigenvalue weighted by molar-refractivity contribution is -0.146. The third-order valence-electron chi connectivity index (χ3n) is 8.67. The molecule has 2 N–H and O–H groups in total. The lowest BCUT2D eigenvalue weighted by Crippen LogP contribution is -2.58. The van der Waals surface area contributed by atoms with Crippen LogP contribution in [0.25, 0.3) is 0 Å². The van der Waals surface area contributed by atoms with Gasteiger partial charge in [0.15, 0.2) is 0 Å². The first-order chi connectivity index (χ1) is 17.3. The molecule has 4 rings (SSSR count). The maximum atomic E-state index is 14.4. The minimum atomic E-state index is -0.532. The lowest BCUT2D eigenvalue weighted by atomic mass is 9.63. The van der Waals surface area contributed by atoms with E-state index < -0.39 is 11.5 Å². The summed E-state index contributed by atoms with van der Waals surface area (Å²) >= 11 is 0. The number of fused-ring (bicyclic) bond motifs is 2. The van der Waals surface area contributed by atoms with Gasteiger partial charge in [0.1, 0.15) is 12.4 Å². The molecule has 2 heterocycles. The van der Waals surface area contributed by atoms with Crippen LogP contribution in [-0.4, -0.2) is 56.3 Å². The Balaban J connectivity index is 1.75. The van der Waals surface area contributed by atoms with Crippen LogP contribution in [0.5, 0.6) is 5.75 Å². The Morgan fingerprint density at radius 2 is 1.83 bits per heavy atom. The maximum absolute atomic E-state index is 14.4. The molecule has 1 atom stereocenters. The summed E-state index contributed by atoms with van der Waals surface area (Å²) < 4.78 is 11.5. The maximum Gasteiger partial charge on any atom is 0.406 e. The number of ether oxygens (including phenoxy) is 2. The molecule has 1 spiro atoms. The van der Waals surface area contributed by atoms with E-state index in [1.54, 1.807) is 7.05 Å². The molecular weight excluding hydrogens is 454 g/mol. The number of hydrogen-bond acceptors (Lipinski definition) is 5. The van der Waals surface area contributed by atoms with Crippen molar-refractivity contribution in [3.63, 3.8) is 0 Å². The summed E-state index contributed by atoms with van der Waals surface area (Å²) in [6.07, 6.45) is 5.79. The summed E-state index contributed by atoms with van der Waals surface area (Å²) in [5.74, 6) is 2.88. The van der Waals surface area contributed by atoms with Crippen LogP contribution in [-0.2, 0) is 14.9 Å². The molecule has 0 bridgehead atoms. The van der Waals surface area contributed by atoms with Gasteiger partial charge in [-0.1, -0.05) is 19.9 Å². The van der Waals surface area contributed by atoms with Crippen LogP contribution >= 0.6 is 0 Å². The van der Waals surface area contributed by atoms with Crippen molar-refractivity contribution in [2.75, 3.05) is 33.3 Å². The molecule has 1 unspecified atom stereocenters. The van der Waals surface area contributed by atoms with Crippen molar-refractivity contribution in [1.29, 1.82) is 0 Å². The van der Waals surface area contributed by atoms with Gasteiger partial charge in [-0.05, 0) is 106 Å². The zero-order chi connectivity index (χ0) is 25.9. The second-order valence-electron chi connectivity index (χ2n) is 11.5. The Labute approximate surface area is 216 Å². The van der Waals surface area contributed by atoms with Gasteiger partial charge in [0, 0.05) is 7.05 Å². The molecule has 7 nitrogen and oxygen atoms in total. The van der Waals surface area contributed by atoms with Gasteiger partial charge in [-0.3, -0.25) is 4.79 Å². The second-order valence-corrected chi connectivity index (χ2v) is 11.5. The Kier molecular flexibility index (Phi) is 8.48. The number of rotatable bonds is 7. The summed E-state index contributed by atoms with van der Waals surface area (Å²) in [6, 6.07) is 6.40. The first kappa shape index (κ1) is 26.8. The fourth-order valence-electron chi connectivity index (χ4n) is 6.77. The van der Waals surface area contributed by atoms with Crippen molar-refractivity contribution in [3.8, 4) is 5.75 Å². The Hall–Kier alpha value is -2.28. The van der Waals surface area contributed by atoms with Crippen molar-refractivity contribution in [1.82, 2.24) is 15.5 Å². The topological polar surface area (TPSA) is 79.9 Å². The van der Waals surface area contributed by atoms with Gasteiger partial charge < -0.3 is 25.0 Å². The predicted molar refractivity (Wildman–Crippen MR) is 141 cm³/mol. The van der Waals surface area contributed by atoms with E-state index in [0.29, 0.717) is 18.4 Å². The first-order valence-electron chi connectivity index (χ1n) is 13.9. The smallest absolute Gasteiger partial charge is 0.406 e. The number of alkyl carbamates (subject to hydrolysis) is 1. The zero-order valence-corrected chi connectivity index (χ0v) is 22.8. The van der Waals surface area contributed by atoms with E-state index >= 15 is 0 Å². The van der Waals surface area contributed by atoms with Gasteiger partial charge in [-0.25, -0.2) is 4.79 Å². The van der Waals surface area contributed by atoms with E-state index in [0.717, 1.165) is 50.4 Å². The molecule has 1 saturated carbocycles. The van der Waals surface area contributed by atoms with Crippen LogP contribution in [0.15, 0.2) is 18.2 Å². The molecule has 200 valence electrons. The average Bonchev–Trinajstić information content (AvgIpc) is 2.87. The summed E-state index contributed by atoms with van der Waals surface area (Å²) in [5, 5.41) is 5.96. The van der Waals surface area contributed by atoms with Gasteiger partial charge in [0.05, 0.1) is 24.1 Å². The Bertz CT molecular complexity index is 917. The van der Waals surface area contributed by atoms with Gasteiger partial charge in [-0.2, -0.15) is 0 Å². The molecule has 2 aliphatic heterocycles. The number of benzene rings is 1. The van der Waals surface area contributed by atoms with Crippen molar-refractivity contribution in [2.45, 2.75) is 83.8 Å². The summed E-state index contributed by atoms with van der Waals surface area (Å²) in [4.78, 5) is 28.3. The molecule has 0 radical (unpaired) electrons. The van der Waals surface area contributed by atoms with E-state index in [1.165, 1.54) is 24.0 Å². The Morgan fingerprint density at radius 3 is 2.44 bits per heavy atom. The van der Waals surface area contributed by atoms with Crippen LogP contribution in [0.1, 0.15) is 83.4 Å². The number of carbonyl (C=O) groups is 2. The van der Waals surface area contributed by atoms with E-state index in [-0.39, 0.29) is 24.7 Å². The third-order valence-corrected chi connectivity index (χ3v) is 8.67. The van der Waals surface area contributed by atoms with Gasteiger partial charge >= 0.3 is 6.09 Å². The first-order valence-corrected chi connectivity index (χ1v) is 13.9. The molecular formula is C29H45N3O4.